The van der Waals surface area contributed by atoms with E-state index in [0.29, 0.717) is 23.2 Å². The molecule has 1 aromatic heterocycles. The minimum absolute atomic E-state index is 0.103. The van der Waals surface area contributed by atoms with Gasteiger partial charge in [0.1, 0.15) is 11.9 Å². The summed E-state index contributed by atoms with van der Waals surface area (Å²) in [6.07, 6.45) is 0.570. The van der Waals surface area contributed by atoms with E-state index >= 15 is 0 Å². The first kappa shape index (κ1) is 14.9. The Morgan fingerprint density at radius 3 is 2.82 bits per heavy atom. The van der Waals surface area contributed by atoms with E-state index in [1.165, 1.54) is 0 Å². The molecule has 2 aromatic rings. The number of anilines is 1. The van der Waals surface area contributed by atoms with Gasteiger partial charge in [0.15, 0.2) is 5.82 Å². The molecular weight excluding hydrogens is 306 g/mol. The molecule has 22 heavy (non-hydrogen) atoms. The van der Waals surface area contributed by atoms with Crippen LogP contribution in [0.1, 0.15) is 23.8 Å². The number of urea groups is 1. The molecule has 6 nitrogen and oxygen atoms in total. The predicted molar refractivity (Wildman–Crippen MR) is 81.9 cm³/mol. The zero-order valence-corrected chi connectivity index (χ0v) is 12.8. The minimum atomic E-state index is -0.331. The molecule has 1 fully saturated rings. The van der Waals surface area contributed by atoms with Gasteiger partial charge in [0.25, 0.3) is 0 Å². The molecule has 2 amide bonds. The lowest BCUT2D eigenvalue weighted by atomic mass is 10.0. The number of nitrogens with one attached hydrogen (secondary N) is 2. The molecule has 0 radical (unpaired) electrons. The molecule has 2 N–H and O–H groups in total. The summed E-state index contributed by atoms with van der Waals surface area (Å²) in [7, 11) is 0. The van der Waals surface area contributed by atoms with Crippen molar-refractivity contribution in [2.24, 2.45) is 0 Å². The maximum absolute atomic E-state index is 12.0. The van der Waals surface area contributed by atoms with Crippen LogP contribution >= 0.6 is 11.6 Å². The lowest BCUT2D eigenvalue weighted by molar-refractivity contribution is 0.100. The first-order valence-corrected chi connectivity index (χ1v) is 7.37. The van der Waals surface area contributed by atoms with Crippen molar-refractivity contribution in [2.45, 2.75) is 25.5 Å². The Morgan fingerprint density at radius 1 is 1.36 bits per heavy atom. The Bertz CT molecular complexity index is 656. The lowest BCUT2D eigenvalue weighted by Crippen LogP contribution is -2.39. The van der Waals surface area contributed by atoms with Crippen LogP contribution in [-0.2, 0) is 4.74 Å². The highest BCUT2D eigenvalue weighted by Gasteiger charge is 2.31. The first-order valence-electron chi connectivity index (χ1n) is 7.00. The number of nitrogens with zero attached hydrogens (tertiary/aromatic N) is 1. The molecular formula is C15H16ClN3O3. The van der Waals surface area contributed by atoms with Gasteiger partial charge in [0.05, 0.1) is 6.04 Å². The summed E-state index contributed by atoms with van der Waals surface area (Å²) >= 11 is 5.89. The molecule has 0 bridgehead atoms. The number of aryl methyl sites for hydroxylation is 1. The number of rotatable bonds is 3. The predicted octanol–water partition coefficient (Wildman–Crippen LogP) is 3.29. The second-order valence-corrected chi connectivity index (χ2v) is 5.60. The maximum Gasteiger partial charge on any atom is 0.320 e. The standard InChI is InChI=1S/C15H16ClN3O3/c1-9-8-13(19-22-9)18-15(20)17-12-6-7-21-14(12)10-2-4-11(16)5-3-10/h2-5,8,12,14H,6-7H2,1H3,(H2,17,18,19,20)/t12-,14-/m1/s1. The summed E-state index contributed by atoms with van der Waals surface area (Å²) in [5, 5.41) is 9.95. The summed E-state index contributed by atoms with van der Waals surface area (Å²) in [4.78, 5) is 12.0. The number of hydrogen-bond donors (Lipinski definition) is 2. The fourth-order valence-electron chi connectivity index (χ4n) is 2.46. The molecule has 1 aromatic carbocycles. The smallest absolute Gasteiger partial charge is 0.320 e. The number of carbonyl (C=O) groups excluding carboxylic acids is 1. The molecule has 3 rings (SSSR count). The average Bonchev–Trinajstić information content (AvgIpc) is 3.09. The van der Waals surface area contributed by atoms with Crippen LogP contribution < -0.4 is 10.6 Å². The second kappa shape index (κ2) is 6.37. The van der Waals surface area contributed by atoms with Crippen molar-refractivity contribution in [3.05, 3.63) is 46.7 Å². The lowest BCUT2D eigenvalue weighted by Gasteiger charge is -2.20. The third kappa shape index (κ3) is 3.40. The number of hydrogen-bond acceptors (Lipinski definition) is 4. The molecule has 1 aliphatic rings. The molecule has 0 saturated carbocycles. The average molecular weight is 322 g/mol. The van der Waals surface area contributed by atoms with Crippen LogP contribution in [0.2, 0.25) is 5.02 Å². The number of benzene rings is 1. The van der Waals surface area contributed by atoms with Crippen molar-refractivity contribution >= 4 is 23.4 Å². The molecule has 2 atom stereocenters. The van der Waals surface area contributed by atoms with Crippen molar-refractivity contribution in [2.75, 3.05) is 11.9 Å². The molecule has 0 unspecified atom stereocenters. The van der Waals surface area contributed by atoms with E-state index in [1.807, 2.05) is 24.3 Å². The van der Waals surface area contributed by atoms with E-state index in [2.05, 4.69) is 15.8 Å². The van der Waals surface area contributed by atoms with E-state index in [-0.39, 0.29) is 18.2 Å². The van der Waals surface area contributed by atoms with Crippen LogP contribution in [0.15, 0.2) is 34.9 Å². The van der Waals surface area contributed by atoms with Crippen LogP contribution in [-0.4, -0.2) is 23.8 Å². The topological polar surface area (TPSA) is 76.4 Å². The van der Waals surface area contributed by atoms with Crippen molar-refractivity contribution in [1.82, 2.24) is 10.5 Å². The zero-order chi connectivity index (χ0) is 15.5. The first-order chi connectivity index (χ1) is 10.6. The minimum Gasteiger partial charge on any atom is -0.371 e. The number of amides is 2. The highest BCUT2D eigenvalue weighted by Crippen LogP contribution is 2.30. The van der Waals surface area contributed by atoms with Gasteiger partial charge in [-0.25, -0.2) is 4.79 Å². The Morgan fingerprint density at radius 2 is 2.14 bits per heavy atom. The molecule has 1 saturated heterocycles. The third-order valence-electron chi connectivity index (χ3n) is 3.48. The molecule has 116 valence electrons. The molecule has 0 aliphatic carbocycles. The van der Waals surface area contributed by atoms with E-state index < -0.39 is 0 Å². The summed E-state index contributed by atoms with van der Waals surface area (Å²) in [6, 6.07) is 8.66. The Balaban J connectivity index is 1.63. The van der Waals surface area contributed by atoms with Crippen LogP contribution in [0, 0.1) is 6.92 Å². The quantitative estimate of drug-likeness (QED) is 0.909. The Labute approximate surface area is 132 Å². The van der Waals surface area contributed by atoms with E-state index in [9.17, 15) is 4.79 Å². The summed E-state index contributed by atoms with van der Waals surface area (Å²) in [6.45, 7) is 2.36. The van der Waals surface area contributed by atoms with Crippen LogP contribution in [0.3, 0.4) is 0 Å². The highest BCUT2D eigenvalue weighted by atomic mass is 35.5. The number of ether oxygens (including phenoxy) is 1. The van der Waals surface area contributed by atoms with Gasteiger partial charge in [-0.15, -0.1) is 0 Å². The zero-order valence-electron chi connectivity index (χ0n) is 12.0. The number of carbonyl (C=O) groups is 1. The number of aromatic nitrogens is 1. The largest absolute Gasteiger partial charge is 0.371 e. The van der Waals surface area contributed by atoms with Crippen molar-refractivity contribution in [1.29, 1.82) is 0 Å². The normalized spacial score (nSPS) is 20.8. The Hall–Kier alpha value is -2.05. The fraction of sp³-hybridized carbons (Fsp3) is 0.333. The van der Waals surface area contributed by atoms with Gasteiger partial charge >= 0.3 is 6.03 Å². The van der Waals surface area contributed by atoms with Crippen LogP contribution in [0.4, 0.5) is 10.6 Å². The molecule has 7 heteroatoms. The third-order valence-corrected chi connectivity index (χ3v) is 3.73. The number of halogens is 1. The van der Waals surface area contributed by atoms with Gasteiger partial charge in [-0.2, -0.15) is 0 Å². The molecule has 2 heterocycles. The summed E-state index contributed by atoms with van der Waals surface area (Å²) in [5.41, 5.74) is 0.990. The van der Waals surface area contributed by atoms with E-state index in [0.717, 1.165) is 12.0 Å². The highest BCUT2D eigenvalue weighted by molar-refractivity contribution is 6.30. The van der Waals surface area contributed by atoms with Crippen molar-refractivity contribution in [3.63, 3.8) is 0 Å². The van der Waals surface area contributed by atoms with Gasteiger partial charge in [-0.05, 0) is 31.0 Å². The molecule has 1 aliphatic heterocycles. The van der Waals surface area contributed by atoms with Gasteiger partial charge < -0.3 is 14.6 Å². The fourth-order valence-corrected chi connectivity index (χ4v) is 2.59. The van der Waals surface area contributed by atoms with Crippen molar-refractivity contribution in [3.8, 4) is 0 Å². The second-order valence-electron chi connectivity index (χ2n) is 5.16. The monoisotopic (exact) mass is 321 g/mol. The van der Waals surface area contributed by atoms with Gasteiger partial charge in [0, 0.05) is 17.7 Å². The van der Waals surface area contributed by atoms with Gasteiger partial charge in [-0.1, -0.05) is 28.9 Å². The van der Waals surface area contributed by atoms with Crippen LogP contribution in [0.25, 0.3) is 0 Å². The van der Waals surface area contributed by atoms with Gasteiger partial charge in [0.2, 0.25) is 0 Å². The van der Waals surface area contributed by atoms with Crippen molar-refractivity contribution < 1.29 is 14.1 Å². The van der Waals surface area contributed by atoms with E-state index in [1.54, 1.807) is 13.0 Å². The molecule has 0 spiro atoms. The van der Waals surface area contributed by atoms with Gasteiger partial charge in [-0.3, -0.25) is 5.32 Å². The summed E-state index contributed by atoms with van der Waals surface area (Å²) in [5.74, 6) is 1.02. The maximum atomic E-state index is 12.0. The Kier molecular flexibility index (Phi) is 4.31. The SMILES string of the molecule is Cc1cc(NC(=O)N[C@@H]2CCO[C@@H]2c2ccc(Cl)cc2)no1. The summed E-state index contributed by atoms with van der Waals surface area (Å²) < 4.78 is 10.6. The van der Waals surface area contributed by atoms with Crippen LogP contribution in [0.5, 0.6) is 0 Å². The van der Waals surface area contributed by atoms with E-state index in [4.69, 9.17) is 20.9 Å².